The molecule has 2 aromatic rings. The lowest BCUT2D eigenvalue weighted by molar-refractivity contribution is 0.707. The van der Waals surface area contributed by atoms with Crippen LogP contribution in [-0.4, -0.2) is 13.1 Å². The first-order valence-electron chi connectivity index (χ1n) is 6.92. The number of halogens is 1. The lowest BCUT2D eigenvalue weighted by atomic mass is 10.1. The first-order chi connectivity index (χ1) is 9.66. The van der Waals surface area contributed by atoms with E-state index in [-0.39, 0.29) is 0 Å². The van der Waals surface area contributed by atoms with E-state index < -0.39 is 0 Å². The van der Waals surface area contributed by atoms with Crippen molar-refractivity contribution in [2.24, 2.45) is 0 Å². The Hall–Kier alpha value is -1.51. The van der Waals surface area contributed by atoms with Gasteiger partial charge in [-0.25, -0.2) is 0 Å². The van der Waals surface area contributed by atoms with Gasteiger partial charge in [-0.1, -0.05) is 41.9 Å². The molecule has 0 heterocycles. The van der Waals surface area contributed by atoms with Crippen LogP contribution in [0.25, 0.3) is 0 Å². The lowest BCUT2D eigenvalue weighted by Gasteiger charge is -2.11. The average molecular weight is 289 g/mol. The molecule has 2 nitrogen and oxygen atoms in total. The summed E-state index contributed by atoms with van der Waals surface area (Å²) in [5, 5.41) is 7.68. The summed E-state index contributed by atoms with van der Waals surface area (Å²) in [6, 6.07) is 14.4. The van der Waals surface area contributed by atoms with Gasteiger partial charge < -0.3 is 10.6 Å². The molecule has 3 heteroatoms. The Morgan fingerprint density at radius 1 is 1.00 bits per heavy atom. The molecule has 0 amide bonds. The first-order valence-corrected chi connectivity index (χ1v) is 7.30. The van der Waals surface area contributed by atoms with Crippen LogP contribution in [0, 0.1) is 13.8 Å². The Morgan fingerprint density at radius 2 is 1.80 bits per heavy atom. The lowest BCUT2D eigenvalue weighted by Crippen LogP contribution is -2.22. The summed E-state index contributed by atoms with van der Waals surface area (Å²) in [4.78, 5) is 0. The summed E-state index contributed by atoms with van der Waals surface area (Å²) >= 11 is 6.12. The Bertz CT molecular complexity index is 567. The summed E-state index contributed by atoms with van der Waals surface area (Å²) in [5.74, 6) is 0. The molecule has 0 atom stereocenters. The van der Waals surface area contributed by atoms with Gasteiger partial charge in [-0.3, -0.25) is 0 Å². The van der Waals surface area contributed by atoms with Crippen molar-refractivity contribution in [3.05, 3.63) is 64.2 Å². The van der Waals surface area contributed by atoms with Crippen molar-refractivity contribution in [3.63, 3.8) is 0 Å². The maximum atomic E-state index is 6.12. The number of nitrogens with one attached hydrogen (secondary N) is 2. The highest BCUT2D eigenvalue weighted by atomic mass is 35.5. The molecule has 2 N–H and O–H groups in total. The second kappa shape index (κ2) is 7.32. The van der Waals surface area contributed by atoms with E-state index in [4.69, 9.17) is 11.6 Å². The zero-order chi connectivity index (χ0) is 14.4. The highest BCUT2D eigenvalue weighted by Gasteiger charge is 1.99. The maximum Gasteiger partial charge on any atom is 0.0450 e. The molecule has 0 fully saturated rings. The van der Waals surface area contributed by atoms with E-state index in [0.29, 0.717) is 0 Å². The van der Waals surface area contributed by atoms with Crippen molar-refractivity contribution >= 4 is 17.3 Å². The molecule has 0 spiro atoms. The quantitative estimate of drug-likeness (QED) is 0.780. The van der Waals surface area contributed by atoms with E-state index in [2.05, 4.69) is 42.7 Å². The number of aryl methyl sites for hydroxylation is 2. The molecule has 0 aromatic heterocycles. The second-order valence-corrected chi connectivity index (χ2v) is 5.42. The zero-order valence-corrected chi connectivity index (χ0v) is 12.8. The second-order valence-electron chi connectivity index (χ2n) is 5.01. The third-order valence-electron chi connectivity index (χ3n) is 3.28. The van der Waals surface area contributed by atoms with Crippen molar-refractivity contribution in [2.75, 3.05) is 18.4 Å². The third-order valence-corrected chi connectivity index (χ3v) is 3.65. The van der Waals surface area contributed by atoms with E-state index in [1.54, 1.807) is 0 Å². The van der Waals surface area contributed by atoms with Gasteiger partial charge in [-0.15, -0.1) is 0 Å². The molecule has 0 saturated heterocycles. The van der Waals surface area contributed by atoms with E-state index in [1.165, 1.54) is 16.8 Å². The normalized spacial score (nSPS) is 10.6. The molecule has 0 aliphatic rings. The largest absolute Gasteiger partial charge is 0.384 e. The van der Waals surface area contributed by atoms with Gasteiger partial charge in [0.15, 0.2) is 0 Å². The van der Waals surface area contributed by atoms with Crippen LogP contribution in [0.2, 0.25) is 5.02 Å². The molecule has 0 saturated carbocycles. The smallest absolute Gasteiger partial charge is 0.0450 e. The zero-order valence-electron chi connectivity index (χ0n) is 12.0. The summed E-state index contributed by atoms with van der Waals surface area (Å²) in [5.41, 5.74) is 4.91. The summed E-state index contributed by atoms with van der Waals surface area (Å²) in [6.45, 7) is 6.83. The van der Waals surface area contributed by atoms with Crippen LogP contribution in [0.4, 0.5) is 5.69 Å². The van der Waals surface area contributed by atoms with Crippen molar-refractivity contribution in [3.8, 4) is 0 Å². The number of benzene rings is 2. The van der Waals surface area contributed by atoms with E-state index in [1.807, 2.05) is 24.3 Å². The highest BCUT2D eigenvalue weighted by molar-refractivity contribution is 6.31. The third kappa shape index (κ3) is 4.26. The van der Waals surface area contributed by atoms with Gasteiger partial charge in [-0.05, 0) is 42.7 Å². The van der Waals surface area contributed by atoms with Crippen LogP contribution >= 0.6 is 11.6 Å². The minimum atomic E-state index is 0.800. The van der Waals surface area contributed by atoms with Crippen LogP contribution in [0.5, 0.6) is 0 Å². The fraction of sp³-hybridized carbons (Fsp3) is 0.294. The minimum absolute atomic E-state index is 0.800. The molecule has 106 valence electrons. The maximum absolute atomic E-state index is 6.12. The number of anilines is 1. The molecule has 2 rings (SSSR count). The predicted octanol–water partition coefficient (Wildman–Crippen LogP) is 4.16. The Morgan fingerprint density at radius 3 is 2.60 bits per heavy atom. The summed E-state index contributed by atoms with van der Waals surface area (Å²) in [6.07, 6.45) is 0. The van der Waals surface area contributed by atoms with Crippen LogP contribution in [0.3, 0.4) is 0 Å². The molecule has 20 heavy (non-hydrogen) atoms. The number of hydrogen-bond acceptors (Lipinski definition) is 2. The van der Waals surface area contributed by atoms with Crippen molar-refractivity contribution < 1.29 is 0 Å². The standard InChI is InChI=1S/C17H21ClN2/c1-13-7-8-14(2)17(11-13)20-10-9-19-12-15-5-3-4-6-16(15)18/h3-8,11,19-20H,9-10,12H2,1-2H3. The van der Waals surface area contributed by atoms with Crippen LogP contribution < -0.4 is 10.6 Å². The van der Waals surface area contributed by atoms with E-state index in [0.717, 1.165) is 30.2 Å². The van der Waals surface area contributed by atoms with E-state index in [9.17, 15) is 0 Å². The van der Waals surface area contributed by atoms with Crippen molar-refractivity contribution in [1.82, 2.24) is 5.32 Å². The average Bonchev–Trinajstić information content (AvgIpc) is 2.44. The van der Waals surface area contributed by atoms with Crippen LogP contribution in [-0.2, 0) is 6.54 Å². The Balaban J connectivity index is 1.74. The van der Waals surface area contributed by atoms with Crippen molar-refractivity contribution in [1.29, 1.82) is 0 Å². The van der Waals surface area contributed by atoms with Crippen LogP contribution in [0.1, 0.15) is 16.7 Å². The Labute approximate surface area is 126 Å². The van der Waals surface area contributed by atoms with Crippen molar-refractivity contribution in [2.45, 2.75) is 20.4 Å². The van der Waals surface area contributed by atoms with Gasteiger partial charge in [-0.2, -0.15) is 0 Å². The minimum Gasteiger partial charge on any atom is -0.384 e. The molecule has 2 aromatic carbocycles. The highest BCUT2D eigenvalue weighted by Crippen LogP contribution is 2.16. The van der Waals surface area contributed by atoms with Gasteiger partial charge in [0.25, 0.3) is 0 Å². The molecular formula is C17H21ClN2. The predicted molar refractivity (Wildman–Crippen MR) is 87.6 cm³/mol. The molecule has 0 bridgehead atoms. The molecule has 0 aliphatic carbocycles. The fourth-order valence-corrected chi connectivity index (χ4v) is 2.28. The summed E-state index contributed by atoms with van der Waals surface area (Å²) < 4.78 is 0. The first kappa shape index (κ1) is 14.9. The monoisotopic (exact) mass is 288 g/mol. The topological polar surface area (TPSA) is 24.1 Å². The van der Waals surface area contributed by atoms with Crippen LogP contribution in [0.15, 0.2) is 42.5 Å². The van der Waals surface area contributed by atoms with E-state index >= 15 is 0 Å². The van der Waals surface area contributed by atoms with Gasteiger partial charge in [0.05, 0.1) is 0 Å². The number of rotatable bonds is 6. The molecular weight excluding hydrogens is 268 g/mol. The van der Waals surface area contributed by atoms with Gasteiger partial charge in [0, 0.05) is 30.3 Å². The SMILES string of the molecule is Cc1ccc(C)c(NCCNCc2ccccc2Cl)c1. The van der Waals surface area contributed by atoms with Gasteiger partial charge in [0.2, 0.25) is 0 Å². The van der Waals surface area contributed by atoms with Gasteiger partial charge >= 0.3 is 0 Å². The number of hydrogen-bond donors (Lipinski definition) is 2. The van der Waals surface area contributed by atoms with Gasteiger partial charge in [0.1, 0.15) is 0 Å². The molecule has 0 aliphatic heterocycles. The fourth-order valence-electron chi connectivity index (χ4n) is 2.08. The Kier molecular flexibility index (Phi) is 5.45. The molecule has 0 unspecified atom stereocenters. The summed E-state index contributed by atoms with van der Waals surface area (Å²) in [7, 11) is 0. The molecule has 0 radical (unpaired) electrons.